The number of rotatable bonds is 12. The number of amides is 2. The van der Waals surface area contributed by atoms with Gasteiger partial charge in [0.1, 0.15) is 12.6 Å². The van der Waals surface area contributed by atoms with Gasteiger partial charge in [-0.3, -0.25) is 4.79 Å². The van der Waals surface area contributed by atoms with E-state index in [-0.39, 0.29) is 31.9 Å². The summed E-state index contributed by atoms with van der Waals surface area (Å²) >= 11 is 0. The average Bonchev–Trinajstić information content (AvgIpc) is 3.14. The first-order valence-electron chi connectivity index (χ1n) is 11.3. The molecule has 0 aromatic heterocycles. The monoisotopic (exact) mass is 466 g/mol. The minimum absolute atomic E-state index is 0.0515. The Balaban J connectivity index is 1.52. The van der Waals surface area contributed by atoms with Crippen molar-refractivity contribution in [3.63, 3.8) is 0 Å². The molecule has 0 bridgehead atoms. The lowest BCUT2D eigenvalue weighted by molar-refractivity contribution is -0.142. The Morgan fingerprint density at radius 2 is 1.71 bits per heavy atom. The first-order valence-corrected chi connectivity index (χ1v) is 11.3. The second-order valence-electron chi connectivity index (χ2n) is 7.97. The van der Waals surface area contributed by atoms with Gasteiger partial charge in [-0.25, -0.2) is 9.59 Å². The molecule has 2 atom stereocenters. The third-order valence-corrected chi connectivity index (χ3v) is 5.67. The lowest BCUT2D eigenvalue weighted by Gasteiger charge is -2.20. The van der Waals surface area contributed by atoms with Crippen molar-refractivity contribution in [2.24, 2.45) is 0 Å². The van der Waals surface area contributed by atoms with Crippen LogP contribution in [0.2, 0.25) is 0 Å². The second-order valence-corrected chi connectivity index (χ2v) is 7.97. The van der Waals surface area contributed by atoms with E-state index in [1.807, 2.05) is 36.4 Å². The lowest BCUT2D eigenvalue weighted by atomic mass is 9.98. The quantitative estimate of drug-likeness (QED) is 0.413. The van der Waals surface area contributed by atoms with E-state index in [0.29, 0.717) is 6.61 Å². The van der Waals surface area contributed by atoms with Crippen LogP contribution in [-0.2, 0) is 19.1 Å². The Morgan fingerprint density at radius 3 is 2.26 bits per heavy atom. The molecule has 2 amide bonds. The molecule has 1 aliphatic carbocycles. The molecule has 0 saturated carbocycles. The van der Waals surface area contributed by atoms with Crippen LogP contribution in [0.4, 0.5) is 4.79 Å². The molecule has 0 saturated heterocycles. The minimum Gasteiger partial charge on any atom is -0.480 e. The molecule has 3 rings (SSSR count). The van der Waals surface area contributed by atoms with Crippen molar-refractivity contribution in [1.29, 1.82) is 0 Å². The predicted octanol–water partition coefficient (Wildman–Crippen LogP) is 3.47. The molecule has 0 aliphatic heterocycles. The molecular weight excluding hydrogens is 436 g/mol. The first kappa shape index (κ1) is 25.0. The van der Waals surface area contributed by atoms with Crippen molar-refractivity contribution in [3.8, 4) is 11.1 Å². The Hall–Kier alpha value is -3.65. The van der Waals surface area contributed by atoms with Gasteiger partial charge in [-0.2, -0.15) is 0 Å². The normalized spacial score (nSPS) is 13.8. The molecule has 0 radical (unpaired) electrons. The fourth-order valence-corrected chi connectivity index (χ4v) is 4.12. The van der Waals surface area contributed by atoms with Crippen LogP contribution in [-0.4, -0.2) is 55.0 Å². The highest BCUT2D eigenvalue weighted by molar-refractivity contribution is 5.84. The summed E-state index contributed by atoms with van der Waals surface area (Å²) in [5.74, 6) is -1.68. The van der Waals surface area contributed by atoms with E-state index in [9.17, 15) is 19.5 Å². The molecule has 3 N–H and O–H groups in total. The summed E-state index contributed by atoms with van der Waals surface area (Å²) in [6, 6.07) is 15.1. The zero-order valence-electron chi connectivity index (χ0n) is 19.2. The number of carboxylic acids is 1. The summed E-state index contributed by atoms with van der Waals surface area (Å²) in [6.45, 7) is 5.84. The van der Waals surface area contributed by atoms with Crippen LogP contribution in [0.1, 0.15) is 36.8 Å². The summed E-state index contributed by atoms with van der Waals surface area (Å²) in [5.41, 5.74) is 4.53. The van der Waals surface area contributed by atoms with Crippen LogP contribution in [0, 0.1) is 0 Å². The van der Waals surface area contributed by atoms with Gasteiger partial charge in [-0.05, 0) is 35.6 Å². The Bertz CT molecular complexity index is 992. The smallest absolute Gasteiger partial charge is 0.407 e. The second kappa shape index (κ2) is 12.0. The summed E-state index contributed by atoms with van der Waals surface area (Å²) < 4.78 is 11.0. The van der Waals surface area contributed by atoms with Crippen LogP contribution in [0.25, 0.3) is 11.1 Å². The number of nitrogens with one attached hydrogen (secondary N) is 2. The Morgan fingerprint density at radius 1 is 1.09 bits per heavy atom. The van der Waals surface area contributed by atoms with E-state index in [2.05, 4.69) is 29.3 Å². The largest absolute Gasteiger partial charge is 0.480 e. The molecular formula is C26H30N2O6. The zero-order chi connectivity index (χ0) is 24.5. The van der Waals surface area contributed by atoms with Crippen LogP contribution >= 0.6 is 0 Å². The maximum Gasteiger partial charge on any atom is 0.407 e. The van der Waals surface area contributed by atoms with Gasteiger partial charge < -0.3 is 25.2 Å². The third-order valence-electron chi connectivity index (χ3n) is 5.67. The van der Waals surface area contributed by atoms with Gasteiger partial charge in [0.15, 0.2) is 0 Å². The van der Waals surface area contributed by atoms with Gasteiger partial charge in [-0.1, -0.05) is 54.6 Å². The van der Waals surface area contributed by atoms with Crippen LogP contribution in [0.3, 0.4) is 0 Å². The van der Waals surface area contributed by atoms with E-state index in [1.54, 1.807) is 6.92 Å². The molecule has 2 unspecified atom stereocenters. The van der Waals surface area contributed by atoms with E-state index in [0.717, 1.165) is 22.3 Å². The van der Waals surface area contributed by atoms with Gasteiger partial charge in [0, 0.05) is 19.1 Å². The van der Waals surface area contributed by atoms with Gasteiger partial charge in [-0.15, -0.1) is 6.58 Å². The highest BCUT2D eigenvalue weighted by Gasteiger charge is 2.29. The zero-order valence-corrected chi connectivity index (χ0v) is 19.2. The topological polar surface area (TPSA) is 114 Å². The van der Waals surface area contributed by atoms with Gasteiger partial charge >= 0.3 is 12.1 Å². The van der Waals surface area contributed by atoms with E-state index in [4.69, 9.17) is 9.47 Å². The van der Waals surface area contributed by atoms with Crippen molar-refractivity contribution in [1.82, 2.24) is 10.6 Å². The highest BCUT2D eigenvalue weighted by atomic mass is 16.5. The Labute approximate surface area is 199 Å². The SMILES string of the molecule is C=CCC(NC(=O)CC(CNC(=O)OCC1c2ccccc2-c2ccccc21)OCC)C(=O)O. The fraction of sp³-hybridized carbons (Fsp3) is 0.346. The molecule has 1 aliphatic rings. The number of carbonyl (C=O) groups excluding carboxylic acids is 2. The van der Waals surface area contributed by atoms with Crippen molar-refractivity contribution < 1.29 is 29.0 Å². The van der Waals surface area contributed by atoms with E-state index >= 15 is 0 Å². The predicted molar refractivity (Wildman–Crippen MR) is 127 cm³/mol. The summed E-state index contributed by atoms with van der Waals surface area (Å²) in [4.78, 5) is 35.9. The molecule has 2 aromatic rings. The number of carboxylic acid groups (broad SMARTS) is 1. The van der Waals surface area contributed by atoms with Gasteiger partial charge in [0.2, 0.25) is 5.91 Å². The summed E-state index contributed by atoms with van der Waals surface area (Å²) in [7, 11) is 0. The minimum atomic E-state index is -1.14. The molecule has 34 heavy (non-hydrogen) atoms. The van der Waals surface area contributed by atoms with Gasteiger partial charge in [0.25, 0.3) is 0 Å². The molecule has 2 aromatic carbocycles. The number of hydrogen-bond acceptors (Lipinski definition) is 5. The van der Waals surface area contributed by atoms with Crippen LogP contribution < -0.4 is 10.6 Å². The van der Waals surface area contributed by atoms with Gasteiger partial charge in [0.05, 0.1) is 12.5 Å². The number of alkyl carbamates (subject to hydrolysis) is 1. The van der Waals surface area contributed by atoms with Crippen molar-refractivity contribution >= 4 is 18.0 Å². The van der Waals surface area contributed by atoms with Crippen molar-refractivity contribution in [3.05, 3.63) is 72.3 Å². The number of aliphatic carboxylic acids is 1. The van der Waals surface area contributed by atoms with Crippen LogP contribution in [0.15, 0.2) is 61.2 Å². The van der Waals surface area contributed by atoms with Crippen molar-refractivity contribution in [2.75, 3.05) is 19.8 Å². The number of fused-ring (bicyclic) bond motifs is 3. The number of benzene rings is 2. The molecule has 0 heterocycles. The highest BCUT2D eigenvalue weighted by Crippen LogP contribution is 2.44. The molecule has 180 valence electrons. The fourth-order valence-electron chi connectivity index (χ4n) is 4.12. The molecule has 0 spiro atoms. The Kier molecular flexibility index (Phi) is 8.81. The maximum absolute atomic E-state index is 12.4. The molecule has 0 fully saturated rings. The lowest BCUT2D eigenvalue weighted by Crippen LogP contribution is -2.43. The number of hydrogen-bond donors (Lipinski definition) is 3. The first-order chi connectivity index (χ1) is 16.4. The van der Waals surface area contributed by atoms with Crippen LogP contribution in [0.5, 0.6) is 0 Å². The standard InChI is InChI=1S/C26H30N2O6/c1-3-9-23(25(30)31)28-24(29)14-17(33-4-2)15-27-26(32)34-16-22-20-12-7-5-10-18(20)19-11-6-8-13-21(19)22/h3,5-8,10-13,17,22-23H,1,4,9,14-16H2,2H3,(H,27,32)(H,28,29)(H,30,31). The summed E-state index contributed by atoms with van der Waals surface area (Å²) in [5, 5.41) is 14.3. The van der Waals surface area contributed by atoms with E-state index < -0.39 is 30.1 Å². The average molecular weight is 467 g/mol. The summed E-state index contributed by atoms with van der Waals surface area (Å²) in [6.07, 6.45) is 0.208. The third kappa shape index (κ3) is 6.23. The number of ether oxygens (including phenoxy) is 2. The van der Waals surface area contributed by atoms with Crippen molar-refractivity contribution in [2.45, 2.75) is 37.8 Å². The number of carbonyl (C=O) groups is 3. The maximum atomic E-state index is 12.4. The molecule has 8 nitrogen and oxygen atoms in total. The molecule has 8 heteroatoms. The van der Waals surface area contributed by atoms with E-state index in [1.165, 1.54) is 6.08 Å².